The summed E-state index contributed by atoms with van der Waals surface area (Å²) < 4.78 is 0. The molecule has 0 amide bonds. The Morgan fingerprint density at radius 2 is 1.36 bits per heavy atom. The van der Waals surface area contributed by atoms with Crippen molar-refractivity contribution in [1.82, 2.24) is 0 Å². The fraction of sp³-hybridized carbons (Fsp3) is 1.00. The van der Waals surface area contributed by atoms with E-state index in [9.17, 15) is 0 Å². The van der Waals surface area contributed by atoms with Gasteiger partial charge in [0.1, 0.15) is 15.7 Å². The Hall–Kier alpha value is 0.130. The van der Waals surface area contributed by atoms with Gasteiger partial charge >= 0.3 is 0 Å². The zero-order chi connectivity index (χ0) is 9.62. The zero-order valence-electron chi connectivity index (χ0n) is 9.62. The second-order valence-corrected chi connectivity index (χ2v) is 7.70. The summed E-state index contributed by atoms with van der Waals surface area (Å²) in [5, 5.41) is 0.641. The minimum atomic E-state index is 0.641. The first-order chi connectivity index (χ1) is 6.56. The van der Waals surface area contributed by atoms with Gasteiger partial charge in [0.2, 0.25) is 0 Å². The van der Waals surface area contributed by atoms with Crippen molar-refractivity contribution in [1.29, 1.82) is 0 Å². The quantitative estimate of drug-likeness (QED) is 0.544. The molecule has 0 unspecified atom stereocenters. The van der Waals surface area contributed by atoms with Gasteiger partial charge in [-0.25, -0.2) is 0 Å². The summed E-state index contributed by atoms with van der Waals surface area (Å²) in [5.41, 5.74) is 0.885. The van der Waals surface area contributed by atoms with Gasteiger partial charge in [-0.1, -0.05) is 25.0 Å². The first-order valence-electron chi connectivity index (χ1n) is 6.56. The summed E-state index contributed by atoms with van der Waals surface area (Å²) in [6.07, 6.45) is 0. The van der Waals surface area contributed by atoms with Crippen molar-refractivity contribution in [2.24, 2.45) is 52.8 Å². The van der Waals surface area contributed by atoms with Crippen LogP contribution in [0, 0.1) is 52.8 Å². The van der Waals surface area contributed by atoms with E-state index in [-0.39, 0.29) is 0 Å². The van der Waals surface area contributed by atoms with Crippen LogP contribution in [0.2, 0.25) is 5.21 Å². The lowest BCUT2D eigenvalue weighted by Gasteiger charge is -3.10. The lowest BCUT2D eigenvalue weighted by Crippen LogP contribution is -3.07. The average Bonchev–Trinajstić information content (AvgIpc) is 2.18. The topological polar surface area (TPSA) is 0 Å². The standard InChI is InChI=1S/C12H18B2/c1-3(2)12(13,14)11-8-5-4-6(8)10(11)7(4)9(5)11/h3-10H,13-14H2,1-2H3. The normalized spacial score (nSPS) is 73.8. The van der Waals surface area contributed by atoms with Gasteiger partial charge in [0.05, 0.1) is 0 Å². The summed E-state index contributed by atoms with van der Waals surface area (Å²) in [4.78, 5) is 0. The third kappa shape index (κ3) is 0.314. The van der Waals surface area contributed by atoms with Gasteiger partial charge in [0, 0.05) is 0 Å². The lowest BCUT2D eigenvalue weighted by molar-refractivity contribution is -0.619. The van der Waals surface area contributed by atoms with E-state index in [0.29, 0.717) is 5.21 Å². The Morgan fingerprint density at radius 1 is 0.929 bits per heavy atom. The van der Waals surface area contributed by atoms with Gasteiger partial charge in [-0.3, -0.25) is 0 Å². The highest BCUT2D eigenvalue weighted by Gasteiger charge is 3.05. The molecule has 0 atom stereocenters. The van der Waals surface area contributed by atoms with Gasteiger partial charge < -0.3 is 0 Å². The van der Waals surface area contributed by atoms with E-state index in [2.05, 4.69) is 29.5 Å². The molecule has 0 saturated heterocycles. The molecule has 0 N–H and O–H groups in total. The van der Waals surface area contributed by atoms with Crippen LogP contribution in [0.15, 0.2) is 0 Å². The first-order valence-corrected chi connectivity index (χ1v) is 6.56. The Kier molecular flexibility index (Phi) is 0.783. The van der Waals surface area contributed by atoms with Crippen LogP contribution in [-0.4, -0.2) is 15.7 Å². The molecule has 72 valence electrons. The Balaban J connectivity index is 1.63. The van der Waals surface area contributed by atoms with Gasteiger partial charge in [0.25, 0.3) is 0 Å². The molecule has 6 saturated carbocycles. The van der Waals surface area contributed by atoms with Gasteiger partial charge in [0.15, 0.2) is 0 Å². The molecular formula is C12H18B2. The summed E-state index contributed by atoms with van der Waals surface area (Å²) in [7, 11) is 5.14. The van der Waals surface area contributed by atoms with E-state index in [1.807, 2.05) is 0 Å². The molecule has 6 fully saturated rings. The second-order valence-electron chi connectivity index (χ2n) is 7.70. The van der Waals surface area contributed by atoms with Crippen molar-refractivity contribution in [2.45, 2.75) is 19.1 Å². The molecule has 0 aromatic rings. The van der Waals surface area contributed by atoms with E-state index in [1.165, 1.54) is 41.4 Å². The van der Waals surface area contributed by atoms with Crippen LogP contribution in [0.3, 0.4) is 0 Å². The smallest absolute Gasteiger partial charge is 0.0760 e. The van der Waals surface area contributed by atoms with E-state index in [1.54, 1.807) is 0 Å². The maximum atomic E-state index is 2.57. The van der Waals surface area contributed by atoms with Crippen LogP contribution in [-0.2, 0) is 0 Å². The minimum absolute atomic E-state index is 0.641. The van der Waals surface area contributed by atoms with Crippen LogP contribution in [0.1, 0.15) is 13.8 Å². The third-order valence-electron chi connectivity index (χ3n) is 8.04. The van der Waals surface area contributed by atoms with Crippen molar-refractivity contribution in [3.63, 3.8) is 0 Å². The maximum absolute atomic E-state index is 2.57. The molecule has 6 aliphatic rings. The molecule has 0 bridgehead atoms. The van der Waals surface area contributed by atoms with E-state index >= 15 is 0 Å². The molecule has 6 rings (SSSR count). The van der Waals surface area contributed by atoms with Crippen molar-refractivity contribution in [2.75, 3.05) is 0 Å². The monoisotopic (exact) mass is 184 g/mol. The van der Waals surface area contributed by atoms with E-state index < -0.39 is 0 Å². The highest BCUT2D eigenvalue weighted by Crippen LogP contribution is 3.09. The number of hydrogen-bond donors (Lipinski definition) is 0. The Labute approximate surface area is 88.0 Å². The van der Waals surface area contributed by atoms with Crippen LogP contribution in [0.4, 0.5) is 0 Å². The SMILES string of the molecule is BC(B)(C(C)C)C12C3C4C5C3C1C5C42. The van der Waals surface area contributed by atoms with Crippen LogP contribution < -0.4 is 0 Å². The molecule has 0 aliphatic heterocycles. The molecule has 0 spiro atoms. The van der Waals surface area contributed by atoms with Crippen molar-refractivity contribution in [3.8, 4) is 0 Å². The van der Waals surface area contributed by atoms with Crippen LogP contribution in [0.25, 0.3) is 0 Å². The van der Waals surface area contributed by atoms with Gasteiger partial charge in [-0.05, 0) is 46.8 Å². The van der Waals surface area contributed by atoms with Crippen molar-refractivity contribution >= 4 is 15.7 Å². The molecule has 2 heteroatoms. The summed E-state index contributed by atoms with van der Waals surface area (Å²) >= 11 is 0. The molecule has 6 aliphatic carbocycles. The fourth-order valence-electron chi connectivity index (χ4n) is 7.22. The molecule has 0 aromatic carbocycles. The summed E-state index contributed by atoms with van der Waals surface area (Å²) in [5.74, 6) is 9.61. The van der Waals surface area contributed by atoms with Gasteiger partial charge in [-0.15, -0.1) is 0 Å². The summed E-state index contributed by atoms with van der Waals surface area (Å²) in [6, 6.07) is 0. The fourth-order valence-corrected chi connectivity index (χ4v) is 7.22. The summed E-state index contributed by atoms with van der Waals surface area (Å²) in [6.45, 7) is 4.89. The van der Waals surface area contributed by atoms with Gasteiger partial charge in [-0.2, -0.15) is 0 Å². The van der Waals surface area contributed by atoms with Crippen LogP contribution in [0.5, 0.6) is 0 Å². The molecule has 14 heavy (non-hydrogen) atoms. The highest BCUT2D eigenvalue weighted by atomic mass is 15.1. The maximum Gasteiger partial charge on any atom is 0.100 e. The number of hydrogen-bond acceptors (Lipinski definition) is 0. The molecule has 0 heterocycles. The molecule has 0 aromatic heterocycles. The predicted octanol–water partition coefficient (Wildman–Crippen LogP) is 0.393. The van der Waals surface area contributed by atoms with Crippen molar-refractivity contribution in [3.05, 3.63) is 0 Å². The zero-order valence-corrected chi connectivity index (χ0v) is 9.62. The Morgan fingerprint density at radius 3 is 1.71 bits per heavy atom. The minimum Gasteiger partial charge on any atom is -0.0760 e. The largest absolute Gasteiger partial charge is 0.100 e. The van der Waals surface area contributed by atoms with E-state index in [0.717, 1.165) is 11.3 Å². The van der Waals surface area contributed by atoms with Crippen LogP contribution >= 0.6 is 0 Å². The highest BCUT2D eigenvalue weighted by molar-refractivity contribution is 6.41. The lowest BCUT2D eigenvalue weighted by atomic mass is 8.92. The third-order valence-corrected chi connectivity index (χ3v) is 8.04. The average molecular weight is 184 g/mol. The Bertz CT molecular complexity index is 320. The number of rotatable bonds is 2. The van der Waals surface area contributed by atoms with Crippen molar-refractivity contribution < 1.29 is 0 Å². The molecular weight excluding hydrogens is 166 g/mol. The van der Waals surface area contributed by atoms with E-state index in [4.69, 9.17) is 0 Å². The predicted molar refractivity (Wildman–Crippen MR) is 61.5 cm³/mol. The first kappa shape index (κ1) is 7.41. The molecule has 0 nitrogen and oxygen atoms in total. The second kappa shape index (κ2) is 1.48. The molecule has 0 radical (unpaired) electrons.